The maximum atomic E-state index is 13.0. The first-order valence-electron chi connectivity index (χ1n) is 7.60. The van der Waals surface area contributed by atoms with Gasteiger partial charge in [-0.15, -0.1) is 0 Å². The molecule has 0 saturated carbocycles. The Morgan fingerprint density at radius 3 is 2.64 bits per heavy atom. The van der Waals surface area contributed by atoms with Crippen LogP contribution in [0.15, 0.2) is 52.9 Å². The number of carbonyl (C=O) groups excluding carboxylic acids is 2. The van der Waals surface area contributed by atoms with E-state index in [2.05, 4.69) is 0 Å². The second kappa shape index (κ2) is 7.17. The van der Waals surface area contributed by atoms with E-state index in [4.69, 9.17) is 13.9 Å². The monoisotopic (exact) mass is 342 g/mol. The zero-order valence-corrected chi connectivity index (χ0v) is 13.5. The molecule has 128 valence electrons. The van der Waals surface area contributed by atoms with Crippen LogP contribution in [0.2, 0.25) is 0 Å². The van der Waals surface area contributed by atoms with Gasteiger partial charge in [-0.05, 0) is 25.1 Å². The van der Waals surface area contributed by atoms with Crippen molar-refractivity contribution in [2.75, 3.05) is 13.2 Å². The summed E-state index contributed by atoms with van der Waals surface area (Å²) in [7, 11) is 0. The average molecular weight is 342 g/mol. The summed E-state index contributed by atoms with van der Waals surface area (Å²) in [5.41, 5.74) is 1.30. The minimum atomic E-state index is -0.730. The summed E-state index contributed by atoms with van der Waals surface area (Å²) in [6.07, 6.45) is 0. The van der Waals surface area contributed by atoms with E-state index in [0.29, 0.717) is 11.1 Å². The van der Waals surface area contributed by atoms with Gasteiger partial charge in [-0.25, -0.2) is 9.18 Å². The van der Waals surface area contributed by atoms with E-state index in [1.807, 2.05) is 18.2 Å². The highest BCUT2D eigenvalue weighted by Crippen LogP contribution is 2.25. The Balaban J connectivity index is 1.56. The Hall–Kier alpha value is -3.15. The zero-order chi connectivity index (χ0) is 17.8. The minimum Gasteiger partial charge on any atom is -0.482 e. The van der Waals surface area contributed by atoms with Crippen LogP contribution in [0.4, 0.5) is 4.39 Å². The molecule has 25 heavy (non-hydrogen) atoms. The average Bonchev–Trinajstić information content (AvgIpc) is 2.95. The van der Waals surface area contributed by atoms with E-state index >= 15 is 0 Å². The zero-order valence-electron chi connectivity index (χ0n) is 13.5. The summed E-state index contributed by atoms with van der Waals surface area (Å²) >= 11 is 0. The van der Waals surface area contributed by atoms with Crippen molar-refractivity contribution in [3.8, 4) is 5.75 Å². The molecule has 5 nitrogen and oxygen atoms in total. The van der Waals surface area contributed by atoms with Crippen LogP contribution in [0.5, 0.6) is 5.75 Å². The number of furan rings is 1. The Kier molecular flexibility index (Phi) is 4.79. The number of hydrogen-bond acceptors (Lipinski definition) is 5. The van der Waals surface area contributed by atoms with Gasteiger partial charge in [-0.2, -0.15) is 0 Å². The fourth-order valence-electron chi connectivity index (χ4n) is 2.39. The lowest BCUT2D eigenvalue weighted by Gasteiger charge is -2.06. The van der Waals surface area contributed by atoms with Gasteiger partial charge in [0.15, 0.2) is 19.0 Å². The highest BCUT2D eigenvalue weighted by atomic mass is 19.1. The molecule has 0 aliphatic heterocycles. The van der Waals surface area contributed by atoms with Crippen LogP contribution >= 0.6 is 0 Å². The van der Waals surface area contributed by atoms with Gasteiger partial charge < -0.3 is 13.9 Å². The molecule has 0 atom stereocenters. The number of para-hydroxylation sites is 1. The maximum Gasteiger partial charge on any atom is 0.344 e. The summed E-state index contributed by atoms with van der Waals surface area (Å²) in [6, 6.07) is 12.7. The first kappa shape index (κ1) is 16.7. The molecule has 0 N–H and O–H groups in total. The topological polar surface area (TPSA) is 65.7 Å². The first-order valence-corrected chi connectivity index (χ1v) is 7.60. The highest BCUT2D eigenvalue weighted by molar-refractivity contribution is 6.01. The molecule has 0 aliphatic carbocycles. The summed E-state index contributed by atoms with van der Waals surface area (Å²) in [5.74, 6) is -1.27. The number of fused-ring (bicyclic) bond motifs is 1. The van der Waals surface area contributed by atoms with Crippen molar-refractivity contribution >= 4 is 22.7 Å². The summed E-state index contributed by atoms with van der Waals surface area (Å²) in [6.45, 7) is 0.899. The van der Waals surface area contributed by atoms with Crippen molar-refractivity contribution in [1.82, 2.24) is 0 Å². The number of rotatable bonds is 6. The molecule has 1 aromatic heterocycles. The number of ether oxygens (including phenoxy) is 2. The predicted molar refractivity (Wildman–Crippen MR) is 88.1 cm³/mol. The fourth-order valence-corrected chi connectivity index (χ4v) is 2.39. The summed E-state index contributed by atoms with van der Waals surface area (Å²) in [5, 5.41) is 0.839. The Morgan fingerprint density at radius 2 is 1.88 bits per heavy atom. The van der Waals surface area contributed by atoms with Crippen molar-refractivity contribution in [2.24, 2.45) is 0 Å². The molecule has 0 saturated heterocycles. The molecule has 1 heterocycles. The van der Waals surface area contributed by atoms with E-state index in [1.54, 1.807) is 13.0 Å². The summed E-state index contributed by atoms with van der Waals surface area (Å²) in [4.78, 5) is 23.9. The molecule has 0 fully saturated rings. The lowest BCUT2D eigenvalue weighted by atomic mass is 10.1. The van der Waals surface area contributed by atoms with Crippen LogP contribution in [0.3, 0.4) is 0 Å². The lowest BCUT2D eigenvalue weighted by Crippen LogP contribution is -2.19. The van der Waals surface area contributed by atoms with Crippen molar-refractivity contribution in [3.05, 3.63) is 65.7 Å². The standard InChI is InChI=1S/C19H15FO5/c1-12-15-7-2-3-8-17(15)25-19(12)16(21)10-24-18(22)11-23-14-6-4-5-13(20)9-14/h2-9H,10-11H2,1H3. The molecule has 0 bridgehead atoms. The molecule has 0 radical (unpaired) electrons. The molecule has 0 spiro atoms. The van der Waals surface area contributed by atoms with Crippen LogP contribution in [0.1, 0.15) is 16.1 Å². The van der Waals surface area contributed by atoms with E-state index in [0.717, 1.165) is 11.5 Å². The van der Waals surface area contributed by atoms with E-state index < -0.39 is 30.8 Å². The number of benzene rings is 2. The van der Waals surface area contributed by atoms with Gasteiger partial charge in [0, 0.05) is 17.0 Å². The molecule has 0 amide bonds. The molecule has 3 aromatic rings. The summed E-state index contributed by atoms with van der Waals surface area (Å²) < 4.78 is 28.5. The molecule has 3 rings (SSSR count). The molecule has 6 heteroatoms. The van der Waals surface area contributed by atoms with Crippen LogP contribution < -0.4 is 4.74 Å². The molecule has 2 aromatic carbocycles. The smallest absolute Gasteiger partial charge is 0.344 e. The molecule has 0 aliphatic rings. The quantitative estimate of drug-likeness (QED) is 0.505. The van der Waals surface area contributed by atoms with Gasteiger partial charge in [0.2, 0.25) is 5.78 Å². The molecular formula is C19H15FO5. The third kappa shape index (κ3) is 3.85. The number of carbonyl (C=O) groups is 2. The highest BCUT2D eigenvalue weighted by Gasteiger charge is 2.19. The fraction of sp³-hybridized carbons (Fsp3) is 0.158. The predicted octanol–water partition coefficient (Wildman–Crippen LogP) is 3.69. The largest absolute Gasteiger partial charge is 0.482 e. The third-order valence-corrected chi connectivity index (χ3v) is 3.61. The number of aryl methyl sites for hydroxylation is 1. The van der Waals surface area contributed by atoms with Gasteiger partial charge in [0.05, 0.1) is 0 Å². The third-order valence-electron chi connectivity index (χ3n) is 3.61. The second-order valence-electron chi connectivity index (χ2n) is 5.38. The molecular weight excluding hydrogens is 327 g/mol. The van der Waals surface area contributed by atoms with Crippen LogP contribution in [0, 0.1) is 12.7 Å². The first-order chi connectivity index (χ1) is 12.0. The SMILES string of the molecule is Cc1c(C(=O)COC(=O)COc2cccc(F)c2)oc2ccccc12. The minimum absolute atomic E-state index is 0.167. The Morgan fingerprint density at radius 1 is 1.08 bits per heavy atom. The van der Waals surface area contributed by atoms with Gasteiger partial charge in [0.1, 0.15) is 17.1 Å². The van der Waals surface area contributed by atoms with Gasteiger partial charge in [0.25, 0.3) is 0 Å². The van der Waals surface area contributed by atoms with Crippen molar-refractivity contribution in [1.29, 1.82) is 0 Å². The van der Waals surface area contributed by atoms with Gasteiger partial charge in [-0.1, -0.05) is 24.3 Å². The second-order valence-corrected chi connectivity index (χ2v) is 5.38. The van der Waals surface area contributed by atoms with E-state index in [1.165, 1.54) is 18.2 Å². The lowest BCUT2D eigenvalue weighted by molar-refractivity contribution is -0.144. The number of Topliss-reactive ketones (excluding diaryl/α,β-unsaturated/α-hetero) is 1. The van der Waals surface area contributed by atoms with Crippen molar-refractivity contribution < 1.29 is 27.9 Å². The van der Waals surface area contributed by atoms with Gasteiger partial charge in [-0.3, -0.25) is 4.79 Å². The Bertz CT molecular complexity index is 928. The number of esters is 1. The number of halogens is 1. The Labute approximate surface area is 143 Å². The number of ketones is 1. The van der Waals surface area contributed by atoms with Crippen molar-refractivity contribution in [3.63, 3.8) is 0 Å². The van der Waals surface area contributed by atoms with E-state index in [9.17, 15) is 14.0 Å². The normalized spacial score (nSPS) is 10.6. The van der Waals surface area contributed by atoms with E-state index in [-0.39, 0.29) is 11.5 Å². The van der Waals surface area contributed by atoms with Gasteiger partial charge >= 0.3 is 5.97 Å². The van der Waals surface area contributed by atoms with Crippen LogP contribution in [-0.4, -0.2) is 25.0 Å². The van der Waals surface area contributed by atoms with Crippen LogP contribution in [-0.2, 0) is 9.53 Å². The number of hydrogen-bond donors (Lipinski definition) is 0. The molecule has 0 unspecified atom stereocenters. The van der Waals surface area contributed by atoms with Crippen LogP contribution in [0.25, 0.3) is 11.0 Å². The maximum absolute atomic E-state index is 13.0. The van der Waals surface area contributed by atoms with Crippen molar-refractivity contribution in [2.45, 2.75) is 6.92 Å².